The molecule has 4 rings (SSSR count). The number of rotatable bonds is 3. The Balaban J connectivity index is 1.64. The van der Waals surface area contributed by atoms with Gasteiger partial charge in [0.1, 0.15) is 0 Å². The van der Waals surface area contributed by atoms with Gasteiger partial charge in [0, 0.05) is 18.6 Å². The van der Waals surface area contributed by atoms with Crippen molar-refractivity contribution in [2.45, 2.75) is 31.8 Å². The first-order chi connectivity index (χ1) is 8.33. The molecule has 0 saturated carbocycles. The molecule has 2 bridgehead atoms. The highest BCUT2D eigenvalue weighted by molar-refractivity contribution is 5.18. The molecule has 3 aliphatic rings. The van der Waals surface area contributed by atoms with E-state index < -0.39 is 0 Å². The van der Waals surface area contributed by atoms with E-state index in [1.165, 1.54) is 38.0 Å². The number of benzene rings is 1. The highest BCUT2D eigenvalue weighted by Crippen LogP contribution is 2.29. The van der Waals surface area contributed by atoms with E-state index in [1.807, 2.05) is 0 Å². The van der Waals surface area contributed by atoms with Crippen LogP contribution >= 0.6 is 0 Å². The van der Waals surface area contributed by atoms with Gasteiger partial charge in [0.25, 0.3) is 0 Å². The van der Waals surface area contributed by atoms with Crippen LogP contribution in [0.25, 0.3) is 0 Å². The lowest BCUT2D eigenvalue weighted by molar-refractivity contribution is 0.0680. The van der Waals surface area contributed by atoms with Crippen LogP contribution < -0.4 is 5.32 Å². The monoisotopic (exact) mass is 230 g/mol. The number of piperidine rings is 3. The molecule has 3 aliphatic heterocycles. The summed E-state index contributed by atoms with van der Waals surface area (Å²) in [5.74, 6) is 0.908. The fraction of sp³-hybridized carbons (Fsp3) is 0.600. The standard InChI is InChI=1S/C15H22N2/c1-12(13-5-3-2-4-6-13)16-15-11-17-9-7-14(15)8-10-17/h2-6,12,14-16H,7-11H2,1H3. The van der Waals surface area contributed by atoms with Crippen LogP contribution in [-0.4, -0.2) is 30.6 Å². The molecule has 92 valence electrons. The zero-order chi connectivity index (χ0) is 11.7. The molecule has 17 heavy (non-hydrogen) atoms. The molecule has 0 aromatic heterocycles. The van der Waals surface area contributed by atoms with Gasteiger partial charge >= 0.3 is 0 Å². The second-order valence-electron chi connectivity index (χ2n) is 5.54. The summed E-state index contributed by atoms with van der Waals surface area (Å²) in [7, 11) is 0. The van der Waals surface area contributed by atoms with Crippen molar-refractivity contribution in [3.8, 4) is 0 Å². The van der Waals surface area contributed by atoms with Crippen LogP contribution in [0.1, 0.15) is 31.4 Å². The van der Waals surface area contributed by atoms with Gasteiger partial charge in [-0.15, -0.1) is 0 Å². The number of nitrogens with one attached hydrogen (secondary N) is 1. The summed E-state index contributed by atoms with van der Waals surface area (Å²) in [6.45, 7) is 6.18. The molecular weight excluding hydrogens is 208 g/mol. The van der Waals surface area contributed by atoms with Gasteiger partial charge in [0.05, 0.1) is 0 Å². The fourth-order valence-corrected chi connectivity index (χ4v) is 3.31. The lowest BCUT2D eigenvalue weighted by Gasteiger charge is -2.46. The Hall–Kier alpha value is -0.860. The van der Waals surface area contributed by atoms with Crippen molar-refractivity contribution < 1.29 is 0 Å². The summed E-state index contributed by atoms with van der Waals surface area (Å²) in [6, 6.07) is 12.0. The van der Waals surface area contributed by atoms with Gasteiger partial charge in [-0.2, -0.15) is 0 Å². The van der Waals surface area contributed by atoms with Crippen molar-refractivity contribution >= 4 is 0 Å². The summed E-state index contributed by atoms with van der Waals surface area (Å²) >= 11 is 0. The molecule has 3 heterocycles. The minimum atomic E-state index is 0.474. The molecule has 2 heteroatoms. The van der Waals surface area contributed by atoms with Crippen molar-refractivity contribution in [1.82, 2.24) is 10.2 Å². The Kier molecular flexibility index (Phi) is 3.17. The lowest BCUT2D eigenvalue weighted by Crippen LogP contribution is -2.56. The van der Waals surface area contributed by atoms with Gasteiger partial charge in [-0.3, -0.25) is 0 Å². The Morgan fingerprint density at radius 3 is 2.47 bits per heavy atom. The molecule has 1 aromatic rings. The zero-order valence-corrected chi connectivity index (χ0v) is 10.6. The molecule has 2 unspecified atom stereocenters. The van der Waals surface area contributed by atoms with Crippen molar-refractivity contribution in [3.63, 3.8) is 0 Å². The molecule has 0 spiro atoms. The minimum absolute atomic E-state index is 0.474. The van der Waals surface area contributed by atoms with E-state index in [9.17, 15) is 0 Å². The van der Waals surface area contributed by atoms with Gasteiger partial charge in [-0.1, -0.05) is 30.3 Å². The lowest BCUT2D eigenvalue weighted by atomic mass is 9.83. The fourth-order valence-electron chi connectivity index (χ4n) is 3.31. The van der Waals surface area contributed by atoms with Crippen LogP contribution in [0, 0.1) is 5.92 Å². The number of hydrogen-bond acceptors (Lipinski definition) is 2. The first-order valence-corrected chi connectivity index (χ1v) is 6.86. The van der Waals surface area contributed by atoms with Crippen LogP contribution in [0.5, 0.6) is 0 Å². The molecule has 3 saturated heterocycles. The average molecular weight is 230 g/mol. The van der Waals surface area contributed by atoms with E-state index >= 15 is 0 Å². The maximum Gasteiger partial charge on any atom is 0.0294 e. The summed E-state index contributed by atoms with van der Waals surface area (Å²) in [4.78, 5) is 2.61. The van der Waals surface area contributed by atoms with E-state index in [-0.39, 0.29) is 0 Å². The van der Waals surface area contributed by atoms with Gasteiger partial charge < -0.3 is 10.2 Å². The third kappa shape index (κ3) is 2.38. The largest absolute Gasteiger partial charge is 0.306 e. The summed E-state index contributed by atoms with van der Waals surface area (Å²) < 4.78 is 0. The third-order valence-corrected chi connectivity index (χ3v) is 4.42. The third-order valence-electron chi connectivity index (χ3n) is 4.42. The Bertz CT molecular complexity index is 354. The van der Waals surface area contributed by atoms with Crippen LogP contribution in [0.2, 0.25) is 0 Å². The molecule has 0 aliphatic carbocycles. The van der Waals surface area contributed by atoms with Crippen molar-refractivity contribution in [1.29, 1.82) is 0 Å². The number of hydrogen-bond donors (Lipinski definition) is 1. The normalized spacial score (nSPS) is 33.6. The maximum absolute atomic E-state index is 3.82. The Morgan fingerprint density at radius 1 is 1.18 bits per heavy atom. The van der Waals surface area contributed by atoms with Gasteiger partial charge in [0.2, 0.25) is 0 Å². The van der Waals surface area contributed by atoms with Crippen molar-refractivity contribution in [3.05, 3.63) is 35.9 Å². The smallest absolute Gasteiger partial charge is 0.0294 e. The molecule has 1 N–H and O–H groups in total. The molecule has 1 aromatic carbocycles. The summed E-state index contributed by atoms with van der Waals surface area (Å²) in [5, 5.41) is 3.82. The first-order valence-electron chi connectivity index (χ1n) is 6.86. The van der Waals surface area contributed by atoms with E-state index in [0.29, 0.717) is 12.1 Å². The van der Waals surface area contributed by atoms with Crippen LogP contribution in [0.3, 0.4) is 0 Å². The van der Waals surface area contributed by atoms with E-state index in [4.69, 9.17) is 0 Å². The molecule has 2 nitrogen and oxygen atoms in total. The van der Waals surface area contributed by atoms with Gasteiger partial charge in [0.15, 0.2) is 0 Å². The van der Waals surface area contributed by atoms with Crippen LogP contribution in [-0.2, 0) is 0 Å². The van der Waals surface area contributed by atoms with E-state index in [1.54, 1.807) is 0 Å². The molecule has 2 atom stereocenters. The van der Waals surface area contributed by atoms with Gasteiger partial charge in [-0.25, -0.2) is 0 Å². The maximum atomic E-state index is 3.82. The molecule has 0 radical (unpaired) electrons. The van der Waals surface area contributed by atoms with E-state index in [2.05, 4.69) is 47.5 Å². The number of fused-ring (bicyclic) bond motifs is 3. The summed E-state index contributed by atoms with van der Waals surface area (Å²) in [6.07, 6.45) is 2.78. The predicted octanol–water partition coefficient (Wildman–Crippen LogP) is 2.43. The Labute approximate surface area is 104 Å². The van der Waals surface area contributed by atoms with Crippen LogP contribution in [0.4, 0.5) is 0 Å². The SMILES string of the molecule is CC(NC1CN2CCC1CC2)c1ccccc1. The second-order valence-corrected chi connectivity index (χ2v) is 5.54. The predicted molar refractivity (Wildman–Crippen MR) is 70.9 cm³/mol. The minimum Gasteiger partial charge on any atom is -0.306 e. The van der Waals surface area contributed by atoms with Gasteiger partial charge in [-0.05, 0) is 44.3 Å². The number of nitrogens with zero attached hydrogens (tertiary/aromatic N) is 1. The quantitative estimate of drug-likeness (QED) is 0.858. The highest BCUT2D eigenvalue weighted by atomic mass is 15.2. The van der Waals surface area contributed by atoms with E-state index in [0.717, 1.165) is 5.92 Å². The first kappa shape index (κ1) is 11.2. The highest BCUT2D eigenvalue weighted by Gasteiger charge is 2.34. The second kappa shape index (κ2) is 4.79. The topological polar surface area (TPSA) is 15.3 Å². The van der Waals surface area contributed by atoms with Crippen molar-refractivity contribution in [2.24, 2.45) is 5.92 Å². The molecular formula is C15H22N2. The van der Waals surface area contributed by atoms with Crippen LogP contribution in [0.15, 0.2) is 30.3 Å². The zero-order valence-electron chi connectivity index (χ0n) is 10.6. The Morgan fingerprint density at radius 2 is 1.88 bits per heavy atom. The average Bonchev–Trinajstić information content (AvgIpc) is 2.41. The van der Waals surface area contributed by atoms with Crippen molar-refractivity contribution in [2.75, 3.05) is 19.6 Å². The summed E-state index contributed by atoms with van der Waals surface area (Å²) in [5.41, 5.74) is 1.41. The molecule has 3 fully saturated rings. The molecule has 0 amide bonds.